The topological polar surface area (TPSA) is 33.0 Å². The molecule has 5 aromatic rings. The third kappa shape index (κ3) is 3.93. The first-order valence-electron chi connectivity index (χ1n) is 11.6. The van der Waals surface area contributed by atoms with Crippen LogP contribution in [0.1, 0.15) is 5.56 Å². The summed E-state index contributed by atoms with van der Waals surface area (Å²) < 4.78 is 47.0. The zero-order valence-electron chi connectivity index (χ0n) is 19.5. The first kappa shape index (κ1) is 22.7. The van der Waals surface area contributed by atoms with E-state index in [1.807, 2.05) is 23.1 Å². The van der Waals surface area contributed by atoms with Crippen LogP contribution in [-0.2, 0) is 6.18 Å². The maximum atomic E-state index is 13.2. The Labute approximate surface area is 210 Å². The van der Waals surface area contributed by atoms with Gasteiger partial charge in [-0.25, -0.2) is 4.98 Å². The summed E-state index contributed by atoms with van der Waals surface area (Å²) >= 11 is 1.61. The molecule has 0 atom stereocenters. The van der Waals surface area contributed by atoms with E-state index in [1.165, 1.54) is 12.1 Å². The van der Waals surface area contributed by atoms with Gasteiger partial charge in [-0.15, -0.1) is 11.3 Å². The first-order chi connectivity index (χ1) is 17.4. The summed E-state index contributed by atoms with van der Waals surface area (Å²) in [5.41, 5.74) is 4.28. The molecule has 36 heavy (non-hydrogen) atoms. The number of methoxy groups -OCH3 is 1. The number of benzene rings is 2. The Balaban J connectivity index is 1.30. The summed E-state index contributed by atoms with van der Waals surface area (Å²) in [4.78, 5) is 10.2. The summed E-state index contributed by atoms with van der Waals surface area (Å²) in [6, 6.07) is 17.7. The number of fused-ring (bicyclic) bond motifs is 3. The largest absolute Gasteiger partial charge is 0.497 e. The molecule has 0 unspecified atom stereocenters. The highest BCUT2D eigenvalue weighted by Gasteiger charge is 2.31. The van der Waals surface area contributed by atoms with Gasteiger partial charge in [0.05, 0.1) is 23.7 Å². The Bertz CT molecular complexity index is 1530. The van der Waals surface area contributed by atoms with Crippen LogP contribution in [0.4, 0.5) is 24.7 Å². The van der Waals surface area contributed by atoms with E-state index in [2.05, 4.69) is 39.1 Å². The third-order valence-corrected chi connectivity index (χ3v) is 7.55. The zero-order valence-corrected chi connectivity index (χ0v) is 20.3. The molecule has 0 bridgehead atoms. The van der Waals surface area contributed by atoms with Crippen LogP contribution >= 0.6 is 11.3 Å². The molecule has 184 valence electrons. The zero-order chi connectivity index (χ0) is 24.9. The van der Waals surface area contributed by atoms with Crippen molar-refractivity contribution in [2.45, 2.75) is 6.18 Å². The van der Waals surface area contributed by atoms with Crippen molar-refractivity contribution in [3.8, 4) is 16.9 Å². The highest BCUT2D eigenvalue weighted by Crippen LogP contribution is 2.37. The molecule has 3 aromatic heterocycles. The Hall–Kier alpha value is -3.72. The Morgan fingerprint density at radius 1 is 0.917 bits per heavy atom. The number of thiophene rings is 1. The van der Waals surface area contributed by atoms with Crippen molar-refractivity contribution in [3.63, 3.8) is 0 Å². The fourth-order valence-corrected chi connectivity index (χ4v) is 5.76. The minimum Gasteiger partial charge on any atom is -0.497 e. The number of aromatic nitrogens is 2. The number of nitrogens with zero attached hydrogens (tertiary/aromatic N) is 4. The molecule has 0 N–H and O–H groups in total. The van der Waals surface area contributed by atoms with Gasteiger partial charge in [-0.2, -0.15) is 13.2 Å². The molecule has 5 nitrogen and oxygen atoms in total. The highest BCUT2D eigenvalue weighted by atomic mass is 32.1. The maximum absolute atomic E-state index is 13.2. The molecule has 2 aromatic carbocycles. The van der Waals surface area contributed by atoms with Gasteiger partial charge in [-0.1, -0.05) is 18.2 Å². The molecule has 6 rings (SSSR count). The standard InChI is InChI=1S/C27H23F3N4OS/c1-35-21-9-7-18(8-10-21)22-17-36-26-24(22)34-11-3-6-23(34)25(31-26)33-14-12-32(13-15-33)20-5-2-4-19(16-20)27(28,29)30/h2-11,16-17H,12-15H2,1H3. The second-order valence-corrected chi connectivity index (χ2v) is 9.61. The number of halogens is 3. The molecule has 1 saturated heterocycles. The van der Waals surface area contributed by atoms with Crippen molar-refractivity contribution in [1.82, 2.24) is 9.38 Å². The molecule has 0 aliphatic carbocycles. The number of anilines is 2. The molecular weight excluding hydrogens is 485 g/mol. The third-order valence-electron chi connectivity index (χ3n) is 6.69. The summed E-state index contributed by atoms with van der Waals surface area (Å²) in [5.74, 6) is 1.72. The Morgan fingerprint density at radius 3 is 2.39 bits per heavy atom. The number of hydrogen-bond acceptors (Lipinski definition) is 5. The van der Waals surface area contributed by atoms with Gasteiger partial charge in [0.25, 0.3) is 0 Å². The lowest BCUT2D eigenvalue weighted by Gasteiger charge is -2.37. The van der Waals surface area contributed by atoms with Crippen LogP contribution in [0, 0.1) is 0 Å². The normalized spacial score (nSPS) is 14.7. The lowest BCUT2D eigenvalue weighted by atomic mass is 10.1. The van der Waals surface area contributed by atoms with Crippen LogP contribution in [0.2, 0.25) is 0 Å². The van der Waals surface area contributed by atoms with Crippen molar-refractivity contribution in [2.24, 2.45) is 0 Å². The fourth-order valence-electron chi connectivity index (χ4n) is 4.83. The quantitative estimate of drug-likeness (QED) is 0.275. The van der Waals surface area contributed by atoms with E-state index in [1.54, 1.807) is 24.5 Å². The molecule has 1 aliphatic rings. The minimum absolute atomic E-state index is 0.600. The minimum atomic E-state index is -4.34. The molecule has 0 spiro atoms. The van der Waals surface area contributed by atoms with Crippen molar-refractivity contribution >= 4 is 38.7 Å². The lowest BCUT2D eigenvalue weighted by molar-refractivity contribution is -0.137. The average molecular weight is 509 g/mol. The van der Waals surface area contributed by atoms with E-state index in [4.69, 9.17) is 9.72 Å². The summed E-state index contributed by atoms with van der Waals surface area (Å²) in [6.45, 7) is 2.59. The van der Waals surface area contributed by atoms with Crippen molar-refractivity contribution in [1.29, 1.82) is 0 Å². The van der Waals surface area contributed by atoms with E-state index in [0.29, 0.717) is 31.9 Å². The van der Waals surface area contributed by atoms with Gasteiger partial charge in [0.15, 0.2) is 5.82 Å². The molecule has 0 saturated carbocycles. The maximum Gasteiger partial charge on any atom is 0.416 e. The van der Waals surface area contributed by atoms with Gasteiger partial charge < -0.3 is 18.9 Å². The summed E-state index contributed by atoms with van der Waals surface area (Å²) in [6.07, 6.45) is -2.29. The number of rotatable bonds is 4. The molecule has 4 heterocycles. The predicted octanol–water partition coefficient (Wildman–Crippen LogP) is 6.57. The second kappa shape index (κ2) is 8.74. The van der Waals surface area contributed by atoms with Gasteiger partial charge in [0.1, 0.15) is 10.6 Å². The number of piperazine rings is 1. The molecule has 1 fully saturated rings. The van der Waals surface area contributed by atoms with E-state index in [-0.39, 0.29) is 0 Å². The highest BCUT2D eigenvalue weighted by molar-refractivity contribution is 7.17. The van der Waals surface area contributed by atoms with Gasteiger partial charge in [-0.3, -0.25) is 0 Å². The van der Waals surface area contributed by atoms with Crippen LogP contribution < -0.4 is 14.5 Å². The number of ether oxygens (including phenoxy) is 1. The van der Waals surface area contributed by atoms with Crippen LogP contribution in [-0.4, -0.2) is 42.7 Å². The molecule has 9 heteroatoms. The number of alkyl halides is 3. The fraction of sp³-hybridized carbons (Fsp3) is 0.222. The second-order valence-electron chi connectivity index (χ2n) is 8.75. The molecular formula is C27H23F3N4OS. The SMILES string of the molecule is COc1ccc(-c2csc3nc(N4CCN(c5cccc(C(F)(F)F)c5)CC4)c4cccn4c23)cc1. The molecule has 1 aliphatic heterocycles. The predicted molar refractivity (Wildman–Crippen MR) is 138 cm³/mol. The van der Waals surface area contributed by atoms with Crippen LogP contribution in [0.25, 0.3) is 27.0 Å². The summed E-state index contributed by atoms with van der Waals surface area (Å²) in [5, 5.41) is 2.13. The van der Waals surface area contributed by atoms with Gasteiger partial charge in [0.2, 0.25) is 0 Å². The Morgan fingerprint density at radius 2 is 1.67 bits per heavy atom. The molecule has 0 amide bonds. The van der Waals surface area contributed by atoms with Crippen molar-refractivity contribution in [3.05, 3.63) is 77.8 Å². The van der Waals surface area contributed by atoms with E-state index < -0.39 is 11.7 Å². The van der Waals surface area contributed by atoms with Crippen LogP contribution in [0.15, 0.2) is 72.2 Å². The monoisotopic (exact) mass is 508 g/mol. The van der Waals surface area contributed by atoms with Crippen molar-refractivity contribution < 1.29 is 17.9 Å². The molecule has 0 radical (unpaired) electrons. The smallest absolute Gasteiger partial charge is 0.416 e. The lowest BCUT2D eigenvalue weighted by Crippen LogP contribution is -2.47. The number of hydrogen-bond donors (Lipinski definition) is 0. The Kier molecular flexibility index (Phi) is 5.52. The van der Waals surface area contributed by atoms with Gasteiger partial charge >= 0.3 is 6.18 Å². The first-order valence-corrected chi connectivity index (χ1v) is 12.5. The van der Waals surface area contributed by atoms with Gasteiger partial charge in [0, 0.05) is 49.0 Å². The van der Waals surface area contributed by atoms with E-state index >= 15 is 0 Å². The van der Waals surface area contributed by atoms with Crippen LogP contribution in [0.3, 0.4) is 0 Å². The summed E-state index contributed by atoms with van der Waals surface area (Å²) in [7, 11) is 1.66. The van der Waals surface area contributed by atoms with Crippen LogP contribution in [0.5, 0.6) is 5.75 Å². The van der Waals surface area contributed by atoms with Gasteiger partial charge in [-0.05, 0) is 48.0 Å². The van der Waals surface area contributed by atoms with E-state index in [0.717, 1.165) is 44.6 Å². The van der Waals surface area contributed by atoms with Crippen molar-refractivity contribution in [2.75, 3.05) is 43.1 Å². The van der Waals surface area contributed by atoms with E-state index in [9.17, 15) is 13.2 Å². The average Bonchev–Trinajstić information content (AvgIpc) is 3.55.